The predicted octanol–water partition coefficient (Wildman–Crippen LogP) is 3.80. The van der Waals surface area contributed by atoms with Crippen molar-refractivity contribution in [3.63, 3.8) is 0 Å². The summed E-state index contributed by atoms with van der Waals surface area (Å²) in [5.41, 5.74) is 1.23. The second-order valence-electron chi connectivity index (χ2n) is 7.46. The highest BCUT2D eigenvalue weighted by molar-refractivity contribution is 5.77. The third-order valence-corrected chi connectivity index (χ3v) is 6.05. The molecule has 0 aromatic heterocycles. The molecule has 2 fully saturated rings. The highest BCUT2D eigenvalue weighted by Crippen LogP contribution is 2.44. The molecule has 1 aliphatic carbocycles. The summed E-state index contributed by atoms with van der Waals surface area (Å²) in [4.78, 5) is 14.5. The predicted molar refractivity (Wildman–Crippen MR) is 94.3 cm³/mol. The van der Waals surface area contributed by atoms with Crippen LogP contribution in [0.3, 0.4) is 0 Å². The van der Waals surface area contributed by atoms with Crippen molar-refractivity contribution in [2.24, 2.45) is 17.8 Å². The first kappa shape index (κ1) is 15.9. The van der Waals surface area contributed by atoms with Crippen LogP contribution >= 0.6 is 0 Å². The number of rotatable bonds is 5. The Morgan fingerprint density at radius 2 is 2.00 bits per heavy atom. The van der Waals surface area contributed by atoms with Crippen molar-refractivity contribution in [2.75, 3.05) is 13.2 Å². The highest BCUT2D eigenvalue weighted by atomic mass is 16.5. The summed E-state index contributed by atoms with van der Waals surface area (Å²) in [6.07, 6.45) is 10.0. The van der Waals surface area contributed by atoms with Crippen molar-refractivity contribution >= 4 is 5.91 Å². The zero-order valence-electron chi connectivity index (χ0n) is 14.3. The fourth-order valence-corrected chi connectivity index (χ4v) is 4.88. The van der Waals surface area contributed by atoms with Crippen molar-refractivity contribution in [3.8, 4) is 0 Å². The van der Waals surface area contributed by atoms with Crippen LogP contribution in [0.5, 0.6) is 0 Å². The number of carbonyl (C=O) groups is 1. The van der Waals surface area contributed by atoms with Crippen molar-refractivity contribution in [1.82, 2.24) is 4.90 Å². The lowest BCUT2D eigenvalue weighted by molar-refractivity contribution is -0.132. The number of ether oxygens (including phenoxy) is 1. The smallest absolute Gasteiger partial charge is 0.222 e. The minimum Gasteiger partial charge on any atom is -0.377 e. The molecule has 1 aromatic rings. The van der Waals surface area contributed by atoms with E-state index in [0.29, 0.717) is 36.3 Å². The number of hydrogen-bond acceptors (Lipinski definition) is 2. The summed E-state index contributed by atoms with van der Waals surface area (Å²) in [7, 11) is 0. The van der Waals surface area contributed by atoms with Gasteiger partial charge in [0.05, 0.1) is 6.61 Å². The van der Waals surface area contributed by atoms with Gasteiger partial charge in [0.25, 0.3) is 0 Å². The van der Waals surface area contributed by atoms with Gasteiger partial charge in [-0.05, 0) is 49.0 Å². The molecule has 0 unspecified atom stereocenters. The van der Waals surface area contributed by atoms with Crippen LogP contribution < -0.4 is 0 Å². The Bertz CT molecular complexity index is 597. The maximum Gasteiger partial charge on any atom is 0.222 e. The first-order valence-electron chi connectivity index (χ1n) is 9.42. The lowest BCUT2D eigenvalue weighted by atomic mass is 9.73. The molecule has 1 aromatic carbocycles. The van der Waals surface area contributed by atoms with Gasteiger partial charge in [-0.1, -0.05) is 42.5 Å². The van der Waals surface area contributed by atoms with Crippen LogP contribution in [0.15, 0.2) is 42.5 Å². The first-order valence-corrected chi connectivity index (χ1v) is 9.42. The fourth-order valence-electron chi connectivity index (χ4n) is 4.88. The molecule has 0 radical (unpaired) electrons. The second kappa shape index (κ2) is 7.10. The van der Waals surface area contributed by atoms with Crippen LogP contribution in [0, 0.1) is 17.8 Å². The van der Waals surface area contributed by atoms with Crippen molar-refractivity contribution in [2.45, 2.75) is 44.8 Å². The summed E-state index contributed by atoms with van der Waals surface area (Å²) in [6, 6.07) is 10.8. The lowest BCUT2D eigenvalue weighted by Gasteiger charge is -2.38. The molecule has 3 nitrogen and oxygen atoms in total. The SMILES string of the molecule is O=C1CCC[C@@H]2C=C[C@H](CCOCc3ccccc3)[C@@H]3CCN1[C@H]32. The monoisotopic (exact) mass is 325 g/mol. The Hall–Kier alpha value is -1.61. The Balaban J connectivity index is 1.34. The molecule has 4 atom stereocenters. The molecule has 0 bridgehead atoms. The van der Waals surface area contributed by atoms with Gasteiger partial charge in [-0.2, -0.15) is 0 Å². The molecule has 4 rings (SSSR count). The first-order chi connectivity index (χ1) is 11.8. The van der Waals surface area contributed by atoms with E-state index in [0.717, 1.165) is 32.4 Å². The molecule has 2 saturated heterocycles. The van der Waals surface area contributed by atoms with Crippen LogP contribution in [0.25, 0.3) is 0 Å². The second-order valence-corrected chi connectivity index (χ2v) is 7.46. The zero-order chi connectivity index (χ0) is 16.4. The fraction of sp³-hybridized carbons (Fsp3) is 0.571. The normalized spacial score (nSPS) is 31.8. The Morgan fingerprint density at radius 3 is 2.88 bits per heavy atom. The van der Waals surface area contributed by atoms with Gasteiger partial charge in [0.1, 0.15) is 0 Å². The molecule has 0 spiro atoms. The minimum atomic E-state index is 0.388. The molecule has 128 valence electrons. The number of hydrogen-bond donors (Lipinski definition) is 0. The van der Waals surface area contributed by atoms with E-state index in [1.807, 2.05) is 6.07 Å². The van der Waals surface area contributed by atoms with Gasteiger partial charge in [0, 0.05) is 25.6 Å². The van der Waals surface area contributed by atoms with Gasteiger partial charge in [0.15, 0.2) is 0 Å². The molecule has 3 heteroatoms. The molecule has 2 aliphatic heterocycles. The summed E-state index contributed by atoms with van der Waals surface area (Å²) in [5, 5.41) is 0. The standard InChI is InChI=1S/C21H27NO2/c23-20-8-4-7-18-10-9-17(19-11-13-22(20)21(18)19)12-14-24-15-16-5-2-1-3-6-16/h1-3,5-6,9-10,17-19,21H,4,7-8,11-15H2/t17-,18-,19+,21+/m1/s1. The molecule has 24 heavy (non-hydrogen) atoms. The summed E-state index contributed by atoms with van der Waals surface area (Å²) < 4.78 is 5.90. The maximum absolute atomic E-state index is 12.3. The largest absolute Gasteiger partial charge is 0.377 e. The molecule has 3 aliphatic rings. The number of amides is 1. The van der Waals surface area contributed by atoms with Crippen LogP contribution in [0.2, 0.25) is 0 Å². The van der Waals surface area contributed by atoms with Crippen LogP contribution in [-0.4, -0.2) is 30.0 Å². The number of allylic oxidation sites excluding steroid dienone is 1. The van der Waals surface area contributed by atoms with Crippen molar-refractivity contribution < 1.29 is 9.53 Å². The maximum atomic E-state index is 12.3. The van der Waals surface area contributed by atoms with Gasteiger partial charge in [0.2, 0.25) is 5.91 Å². The highest BCUT2D eigenvalue weighted by Gasteiger charge is 2.46. The molecule has 1 amide bonds. The van der Waals surface area contributed by atoms with Crippen LogP contribution in [0.4, 0.5) is 0 Å². The Labute approximate surface area is 144 Å². The van der Waals surface area contributed by atoms with Crippen molar-refractivity contribution in [3.05, 3.63) is 48.0 Å². The quantitative estimate of drug-likeness (QED) is 0.609. The lowest BCUT2D eigenvalue weighted by Crippen LogP contribution is -2.43. The molecular formula is C21H27NO2. The van der Waals surface area contributed by atoms with E-state index in [-0.39, 0.29) is 0 Å². The van der Waals surface area contributed by atoms with Crippen LogP contribution in [-0.2, 0) is 16.1 Å². The van der Waals surface area contributed by atoms with E-state index < -0.39 is 0 Å². The van der Waals surface area contributed by atoms with E-state index in [4.69, 9.17) is 4.74 Å². The number of benzene rings is 1. The minimum absolute atomic E-state index is 0.388. The third-order valence-electron chi connectivity index (χ3n) is 6.05. The van der Waals surface area contributed by atoms with Crippen LogP contribution in [0.1, 0.15) is 37.7 Å². The van der Waals surface area contributed by atoms with Crippen molar-refractivity contribution in [1.29, 1.82) is 0 Å². The third kappa shape index (κ3) is 3.14. The summed E-state index contributed by atoms with van der Waals surface area (Å²) in [6.45, 7) is 2.46. The molecular weight excluding hydrogens is 298 g/mol. The average Bonchev–Trinajstić information content (AvgIpc) is 2.99. The van der Waals surface area contributed by atoms with E-state index in [2.05, 4.69) is 41.3 Å². The zero-order valence-corrected chi connectivity index (χ0v) is 14.3. The Morgan fingerprint density at radius 1 is 1.12 bits per heavy atom. The summed E-state index contributed by atoms with van der Waals surface area (Å²) >= 11 is 0. The molecule has 0 N–H and O–H groups in total. The van der Waals surface area contributed by atoms with Gasteiger partial charge in [-0.25, -0.2) is 0 Å². The van der Waals surface area contributed by atoms with Gasteiger partial charge < -0.3 is 9.64 Å². The number of nitrogens with zero attached hydrogens (tertiary/aromatic N) is 1. The average molecular weight is 325 g/mol. The van der Waals surface area contributed by atoms with E-state index in [1.54, 1.807) is 0 Å². The number of carbonyl (C=O) groups excluding carboxylic acids is 1. The van der Waals surface area contributed by atoms with Gasteiger partial charge in [-0.15, -0.1) is 0 Å². The Kier molecular flexibility index (Phi) is 4.70. The van der Waals surface area contributed by atoms with E-state index >= 15 is 0 Å². The molecule has 0 saturated carbocycles. The topological polar surface area (TPSA) is 29.5 Å². The molecule has 2 heterocycles. The summed E-state index contributed by atoms with van der Waals surface area (Å²) in [5.74, 6) is 2.19. The van der Waals surface area contributed by atoms with E-state index in [1.165, 1.54) is 18.4 Å². The van der Waals surface area contributed by atoms with Gasteiger partial charge >= 0.3 is 0 Å². The van der Waals surface area contributed by atoms with Gasteiger partial charge in [-0.3, -0.25) is 4.79 Å². The van der Waals surface area contributed by atoms with E-state index in [9.17, 15) is 4.79 Å².